The molecular formula is C16H23NO4. The molecule has 0 saturated heterocycles. The Hall–Kier alpha value is -1.72. The topological polar surface area (TPSA) is 75.6 Å². The number of hydrogen-bond acceptors (Lipinski definition) is 5. The van der Waals surface area contributed by atoms with Crippen molar-refractivity contribution in [1.29, 1.82) is 0 Å². The predicted octanol–water partition coefficient (Wildman–Crippen LogP) is 2.44. The molecular weight excluding hydrogens is 270 g/mol. The molecule has 5 nitrogen and oxygen atoms in total. The van der Waals surface area contributed by atoms with Gasteiger partial charge in [-0.05, 0) is 51.0 Å². The van der Waals surface area contributed by atoms with Crippen molar-refractivity contribution < 1.29 is 19.4 Å². The van der Waals surface area contributed by atoms with E-state index in [2.05, 4.69) is 5.32 Å². The van der Waals surface area contributed by atoms with E-state index in [4.69, 9.17) is 4.74 Å². The average molecular weight is 293 g/mol. The maximum Gasteiger partial charge on any atom is 0.338 e. The molecule has 0 heterocycles. The summed E-state index contributed by atoms with van der Waals surface area (Å²) in [6.45, 7) is 7.90. The third-order valence-corrected chi connectivity index (χ3v) is 3.35. The number of nitrogens with one attached hydrogen (secondary N) is 1. The van der Waals surface area contributed by atoms with Gasteiger partial charge in [-0.25, -0.2) is 4.79 Å². The van der Waals surface area contributed by atoms with Gasteiger partial charge in [0.2, 0.25) is 0 Å². The van der Waals surface area contributed by atoms with Gasteiger partial charge in [-0.1, -0.05) is 6.92 Å². The summed E-state index contributed by atoms with van der Waals surface area (Å²) < 4.78 is 4.93. The van der Waals surface area contributed by atoms with Crippen molar-refractivity contribution in [2.24, 2.45) is 0 Å². The van der Waals surface area contributed by atoms with Gasteiger partial charge in [0.15, 0.2) is 0 Å². The molecule has 116 valence electrons. The lowest BCUT2D eigenvalue weighted by Crippen LogP contribution is -2.41. The second-order valence-electron chi connectivity index (χ2n) is 5.51. The zero-order valence-corrected chi connectivity index (χ0v) is 13.0. The van der Waals surface area contributed by atoms with Crippen LogP contribution in [-0.2, 0) is 4.74 Å². The molecule has 1 unspecified atom stereocenters. The molecule has 0 amide bonds. The SMILES string of the molecule is CCOC(=O)c1cc(C=O)cc(C(O)NC(C)(C)CC)c1. The van der Waals surface area contributed by atoms with E-state index in [1.165, 1.54) is 12.1 Å². The lowest BCUT2D eigenvalue weighted by molar-refractivity contribution is 0.0525. The first-order valence-corrected chi connectivity index (χ1v) is 7.06. The number of carbonyl (C=O) groups excluding carboxylic acids is 2. The molecule has 0 aromatic heterocycles. The maximum absolute atomic E-state index is 11.8. The fourth-order valence-corrected chi connectivity index (χ4v) is 1.79. The number of aliphatic hydroxyl groups excluding tert-OH is 1. The zero-order valence-electron chi connectivity index (χ0n) is 13.0. The third-order valence-electron chi connectivity index (χ3n) is 3.35. The first kappa shape index (κ1) is 17.3. The predicted molar refractivity (Wildman–Crippen MR) is 80.3 cm³/mol. The first-order chi connectivity index (χ1) is 9.82. The van der Waals surface area contributed by atoms with Crippen LogP contribution in [0, 0.1) is 0 Å². The van der Waals surface area contributed by atoms with Crippen LogP contribution in [0.2, 0.25) is 0 Å². The molecule has 2 N–H and O–H groups in total. The lowest BCUT2D eigenvalue weighted by atomic mass is 9.99. The summed E-state index contributed by atoms with van der Waals surface area (Å²) >= 11 is 0. The van der Waals surface area contributed by atoms with Gasteiger partial charge < -0.3 is 9.84 Å². The van der Waals surface area contributed by atoms with Crippen molar-refractivity contribution in [1.82, 2.24) is 5.32 Å². The quantitative estimate of drug-likeness (QED) is 0.459. The number of hydrogen-bond donors (Lipinski definition) is 2. The summed E-state index contributed by atoms with van der Waals surface area (Å²) in [5.41, 5.74) is 0.780. The molecule has 5 heteroatoms. The standard InChI is InChI=1S/C16H23NO4/c1-5-16(3,4)17-14(19)12-7-11(10-18)8-13(9-12)15(20)21-6-2/h7-10,14,17,19H,5-6H2,1-4H3. The number of benzene rings is 1. The minimum absolute atomic E-state index is 0.253. The highest BCUT2D eigenvalue weighted by Gasteiger charge is 2.21. The zero-order chi connectivity index (χ0) is 16.0. The van der Waals surface area contributed by atoms with Crippen LogP contribution in [-0.4, -0.2) is 29.5 Å². The number of esters is 1. The third kappa shape index (κ3) is 4.95. The Balaban J connectivity index is 3.08. The highest BCUT2D eigenvalue weighted by molar-refractivity contribution is 5.92. The summed E-state index contributed by atoms with van der Waals surface area (Å²) in [4.78, 5) is 22.8. The van der Waals surface area contributed by atoms with E-state index < -0.39 is 12.2 Å². The van der Waals surface area contributed by atoms with Crippen molar-refractivity contribution in [3.05, 3.63) is 34.9 Å². The van der Waals surface area contributed by atoms with Gasteiger partial charge in [0.05, 0.1) is 12.2 Å². The number of aliphatic hydroxyl groups is 1. The van der Waals surface area contributed by atoms with E-state index in [9.17, 15) is 14.7 Å². The van der Waals surface area contributed by atoms with Crippen LogP contribution < -0.4 is 5.32 Å². The Labute approximate surface area is 125 Å². The summed E-state index contributed by atoms with van der Waals surface area (Å²) in [5.74, 6) is -0.510. The molecule has 0 aliphatic rings. The Bertz CT molecular complexity index is 511. The average Bonchev–Trinajstić information content (AvgIpc) is 2.46. The van der Waals surface area contributed by atoms with E-state index in [-0.39, 0.29) is 17.7 Å². The molecule has 0 radical (unpaired) electrons. The van der Waals surface area contributed by atoms with Gasteiger partial charge in [0, 0.05) is 11.1 Å². The van der Waals surface area contributed by atoms with Crippen LogP contribution in [0.1, 0.15) is 66.6 Å². The fraction of sp³-hybridized carbons (Fsp3) is 0.500. The fourth-order valence-electron chi connectivity index (χ4n) is 1.79. The van der Waals surface area contributed by atoms with Crippen molar-refractivity contribution in [3.63, 3.8) is 0 Å². The van der Waals surface area contributed by atoms with Crippen LogP contribution >= 0.6 is 0 Å². The van der Waals surface area contributed by atoms with Crippen LogP contribution in [0.5, 0.6) is 0 Å². The minimum atomic E-state index is -0.965. The van der Waals surface area contributed by atoms with Crippen molar-refractivity contribution in [2.45, 2.75) is 45.9 Å². The smallest absolute Gasteiger partial charge is 0.338 e. The highest BCUT2D eigenvalue weighted by Crippen LogP contribution is 2.20. The van der Waals surface area contributed by atoms with Crippen LogP contribution in [0.25, 0.3) is 0 Å². The van der Waals surface area contributed by atoms with Gasteiger partial charge in [-0.3, -0.25) is 10.1 Å². The van der Waals surface area contributed by atoms with E-state index >= 15 is 0 Å². The lowest BCUT2D eigenvalue weighted by Gasteiger charge is -2.28. The Morgan fingerprint density at radius 3 is 2.57 bits per heavy atom. The normalized spacial score (nSPS) is 12.8. The van der Waals surface area contributed by atoms with E-state index in [1.807, 2.05) is 20.8 Å². The number of rotatable bonds is 7. The van der Waals surface area contributed by atoms with E-state index in [1.54, 1.807) is 13.0 Å². The minimum Gasteiger partial charge on any atom is -0.462 e. The number of aldehydes is 1. The van der Waals surface area contributed by atoms with Crippen molar-refractivity contribution in [3.8, 4) is 0 Å². The van der Waals surface area contributed by atoms with Crippen LogP contribution in [0.4, 0.5) is 0 Å². The molecule has 0 aliphatic carbocycles. The van der Waals surface area contributed by atoms with E-state index in [0.717, 1.165) is 6.42 Å². The summed E-state index contributed by atoms with van der Waals surface area (Å²) in [7, 11) is 0. The van der Waals surface area contributed by atoms with Crippen LogP contribution in [0.15, 0.2) is 18.2 Å². The van der Waals surface area contributed by atoms with Crippen LogP contribution in [0.3, 0.4) is 0 Å². The number of ether oxygens (including phenoxy) is 1. The maximum atomic E-state index is 11.8. The Morgan fingerprint density at radius 1 is 1.38 bits per heavy atom. The summed E-state index contributed by atoms with van der Waals surface area (Å²) in [6, 6.07) is 4.54. The molecule has 1 atom stereocenters. The first-order valence-electron chi connectivity index (χ1n) is 7.06. The molecule has 1 rings (SSSR count). The van der Waals surface area contributed by atoms with E-state index in [0.29, 0.717) is 17.4 Å². The molecule has 1 aromatic carbocycles. The van der Waals surface area contributed by atoms with Gasteiger partial charge in [0.25, 0.3) is 0 Å². The molecule has 21 heavy (non-hydrogen) atoms. The molecule has 1 aromatic rings. The van der Waals surface area contributed by atoms with Gasteiger partial charge in [0.1, 0.15) is 12.5 Å². The summed E-state index contributed by atoms with van der Waals surface area (Å²) in [6.07, 6.45) is 0.500. The van der Waals surface area contributed by atoms with Crippen molar-refractivity contribution >= 4 is 12.3 Å². The van der Waals surface area contributed by atoms with Crippen molar-refractivity contribution in [2.75, 3.05) is 6.61 Å². The second-order valence-corrected chi connectivity index (χ2v) is 5.51. The summed E-state index contributed by atoms with van der Waals surface area (Å²) in [5, 5.41) is 13.3. The van der Waals surface area contributed by atoms with Gasteiger partial charge in [-0.15, -0.1) is 0 Å². The monoisotopic (exact) mass is 293 g/mol. The molecule has 0 saturated carbocycles. The molecule has 0 fully saturated rings. The molecule has 0 aliphatic heterocycles. The van der Waals surface area contributed by atoms with Gasteiger partial charge in [-0.2, -0.15) is 0 Å². The number of carbonyl (C=O) groups is 2. The highest BCUT2D eigenvalue weighted by atomic mass is 16.5. The van der Waals surface area contributed by atoms with Gasteiger partial charge >= 0.3 is 5.97 Å². The molecule has 0 bridgehead atoms. The molecule has 0 spiro atoms. The Morgan fingerprint density at radius 2 is 2.05 bits per heavy atom. The second kappa shape index (κ2) is 7.33. The largest absolute Gasteiger partial charge is 0.462 e. The Kier molecular flexibility index (Phi) is 6.05.